The molecule has 4 aromatic rings. The maximum atomic E-state index is 12.3. The molecule has 0 unspecified atom stereocenters. The van der Waals surface area contributed by atoms with E-state index >= 15 is 0 Å². The molecule has 0 spiro atoms. The van der Waals surface area contributed by atoms with Crippen molar-refractivity contribution in [3.63, 3.8) is 0 Å². The number of hydrogen-bond donors (Lipinski definition) is 2. The average molecular weight is 483 g/mol. The summed E-state index contributed by atoms with van der Waals surface area (Å²) in [6, 6.07) is 12.8. The number of rotatable bonds is 8. The monoisotopic (exact) mass is 482 g/mol. The highest BCUT2D eigenvalue weighted by molar-refractivity contribution is 5.87. The van der Waals surface area contributed by atoms with Crippen molar-refractivity contribution in [2.45, 2.75) is 19.8 Å². The highest BCUT2D eigenvalue weighted by atomic mass is 16.5. The fourth-order valence-electron chi connectivity index (χ4n) is 3.86. The molecule has 1 saturated heterocycles. The number of carbonyl (C=O) groups is 1. The molecule has 0 aliphatic carbocycles. The van der Waals surface area contributed by atoms with Gasteiger partial charge in [0.15, 0.2) is 5.82 Å². The van der Waals surface area contributed by atoms with Gasteiger partial charge in [-0.25, -0.2) is 34.7 Å². The third-order valence-corrected chi connectivity index (χ3v) is 5.74. The minimum absolute atomic E-state index is 0.295. The van der Waals surface area contributed by atoms with Gasteiger partial charge in [-0.1, -0.05) is 12.1 Å². The lowest BCUT2D eigenvalue weighted by Gasteiger charge is -2.09. The van der Waals surface area contributed by atoms with E-state index in [1.165, 1.54) is 0 Å². The lowest BCUT2D eigenvalue weighted by atomic mass is 10.1. The van der Waals surface area contributed by atoms with E-state index in [1.54, 1.807) is 36.8 Å². The molecule has 5 rings (SSSR count). The molecule has 0 radical (unpaired) electrons. The Labute approximate surface area is 208 Å². The molecule has 1 aliphatic rings. The summed E-state index contributed by atoms with van der Waals surface area (Å²) in [4.78, 5) is 38.9. The van der Waals surface area contributed by atoms with Crippen molar-refractivity contribution in [3.05, 3.63) is 83.8 Å². The number of aromatic nitrogens is 6. The smallest absolute Gasteiger partial charge is 0.356 e. The Kier molecular flexibility index (Phi) is 7.13. The Bertz CT molecular complexity index is 1340. The van der Waals surface area contributed by atoms with Crippen LogP contribution < -0.4 is 10.6 Å². The number of esters is 1. The van der Waals surface area contributed by atoms with Crippen molar-refractivity contribution < 1.29 is 9.53 Å². The molecule has 10 heteroatoms. The Morgan fingerprint density at radius 3 is 2.67 bits per heavy atom. The van der Waals surface area contributed by atoms with Gasteiger partial charge in [-0.05, 0) is 55.8 Å². The molecule has 0 saturated carbocycles. The van der Waals surface area contributed by atoms with Crippen LogP contribution in [-0.2, 0) is 11.2 Å². The second-order valence-corrected chi connectivity index (χ2v) is 8.60. The van der Waals surface area contributed by atoms with Crippen LogP contribution >= 0.6 is 0 Å². The van der Waals surface area contributed by atoms with E-state index in [9.17, 15) is 4.79 Å². The van der Waals surface area contributed by atoms with E-state index in [0.717, 1.165) is 30.8 Å². The zero-order valence-electron chi connectivity index (χ0n) is 19.9. The largest absolute Gasteiger partial charge is 0.461 e. The number of aryl methyl sites for hydroxylation is 1. The van der Waals surface area contributed by atoms with E-state index in [2.05, 4.69) is 40.5 Å². The molecule has 5 heterocycles. The summed E-state index contributed by atoms with van der Waals surface area (Å²) in [6.07, 6.45) is 6.51. The summed E-state index contributed by atoms with van der Waals surface area (Å²) in [5, 5.41) is 6.47. The van der Waals surface area contributed by atoms with Crippen LogP contribution in [0.2, 0.25) is 0 Å². The lowest BCUT2D eigenvalue weighted by Crippen LogP contribution is -2.17. The van der Waals surface area contributed by atoms with Gasteiger partial charge in [-0.2, -0.15) is 0 Å². The van der Waals surface area contributed by atoms with Crippen LogP contribution in [0.3, 0.4) is 0 Å². The van der Waals surface area contributed by atoms with E-state index in [0.29, 0.717) is 53.6 Å². The van der Waals surface area contributed by atoms with E-state index in [-0.39, 0.29) is 0 Å². The maximum absolute atomic E-state index is 12.3. The molecule has 10 nitrogen and oxygen atoms in total. The van der Waals surface area contributed by atoms with Gasteiger partial charge in [-0.15, -0.1) is 0 Å². The molecule has 0 amide bonds. The fraction of sp³-hybridized carbons (Fsp3) is 0.269. The van der Waals surface area contributed by atoms with Crippen LogP contribution in [0.1, 0.15) is 34.0 Å². The van der Waals surface area contributed by atoms with Gasteiger partial charge in [0, 0.05) is 43.2 Å². The number of carbonyl (C=O) groups excluding carboxylic acids is 1. The van der Waals surface area contributed by atoms with Crippen LogP contribution in [0.4, 0.5) is 11.6 Å². The SMILES string of the molecule is Cc1cccc(-c2nccc(Nc3ccnc(Cc4ccc(C(=O)OC[C@H]5CCNC5)nc4)n3)n2)n1. The van der Waals surface area contributed by atoms with Crippen LogP contribution in [0.25, 0.3) is 11.5 Å². The standard InChI is InChI=1S/C26H26N8O2/c1-17-3-2-4-20(31-17)25-29-12-9-23(34-25)32-22-8-11-28-24(33-22)13-18-5-6-21(30-15-18)26(35)36-16-19-7-10-27-14-19/h2-6,8-9,11-12,15,19,27H,7,10,13-14,16H2,1H3,(H,28,29,32,33,34)/t19-/m0/s1. The van der Waals surface area contributed by atoms with Crippen molar-refractivity contribution in [1.82, 2.24) is 35.2 Å². The molecule has 182 valence electrons. The summed E-state index contributed by atoms with van der Waals surface area (Å²) in [6.45, 7) is 4.20. The fourth-order valence-corrected chi connectivity index (χ4v) is 3.86. The van der Waals surface area contributed by atoms with Gasteiger partial charge < -0.3 is 15.4 Å². The number of nitrogens with one attached hydrogen (secondary N) is 2. The molecule has 0 bridgehead atoms. The van der Waals surface area contributed by atoms with Gasteiger partial charge in [0.2, 0.25) is 0 Å². The predicted molar refractivity (Wildman–Crippen MR) is 134 cm³/mol. The quantitative estimate of drug-likeness (QED) is 0.362. The van der Waals surface area contributed by atoms with E-state index in [4.69, 9.17) is 4.74 Å². The molecule has 1 atom stereocenters. The molecule has 36 heavy (non-hydrogen) atoms. The first kappa shape index (κ1) is 23.4. The van der Waals surface area contributed by atoms with Crippen molar-refractivity contribution in [2.24, 2.45) is 5.92 Å². The molecule has 2 N–H and O–H groups in total. The average Bonchev–Trinajstić information content (AvgIpc) is 3.42. The van der Waals surface area contributed by atoms with E-state index < -0.39 is 5.97 Å². The summed E-state index contributed by atoms with van der Waals surface area (Å²) in [5.74, 6) is 2.32. The highest BCUT2D eigenvalue weighted by Crippen LogP contribution is 2.17. The number of nitrogens with zero attached hydrogens (tertiary/aromatic N) is 6. The number of hydrogen-bond acceptors (Lipinski definition) is 10. The topological polar surface area (TPSA) is 128 Å². The van der Waals surface area contributed by atoms with Crippen molar-refractivity contribution in [3.8, 4) is 11.5 Å². The van der Waals surface area contributed by atoms with Gasteiger partial charge in [0.05, 0.1) is 6.61 Å². The van der Waals surface area contributed by atoms with Crippen molar-refractivity contribution in [2.75, 3.05) is 25.0 Å². The molecule has 0 aromatic carbocycles. The Morgan fingerprint density at radius 2 is 1.89 bits per heavy atom. The van der Waals surface area contributed by atoms with Gasteiger partial charge in [0.1, 0.15) is 28.8 Å². The number of ether oxygens (including phenoxy) is 1. The summed E-state index contributed by atoms with van der Waals surface area (Å²) in [5.41, 5.74) is 2.79. The van der Waals surface area contributed by atoms with Crippen molar-refractivity contribution >= 4 is 17.6 Å². The third-order valence-electron chi connectivity index (χ3n) is 5.74. The number of anilines is 2. The predicted octanol–water partition coefficient (Wildman–Crippen LogP) is 3.13. The molecule has 1 aliphatic heterocycles. The minimum atomic E-state index is -0.402. The first-order valence-corrected chi connectivity index (χ1v) is 11.8. The lowest BCUT2D eigenvalue weighted by molar-refractivity contribution is 0.0443. The first-order valence-electron chi connectivity index (χ1n) is 11.8. The summed E-state index contributed by atoms with van der Waals surface area (Å²) in [7, 11) is 0. The minimum Gasteiger partial charge on any atom is -0.461 e. The van der Waals surface area contributed by atoms with Gasteiger partial charge in [-0.3, -0.25) is 0 Å². The molecule has 1 fully saturated rings. The summed E-state index contributed by atoms with van der Waals surface area (Å²) < 4.78 is 5.40. The zero-order chi connectivity index (χ0) is 24.7. The second-order valence-electron chi connectivity index (χ2n) is 8.60. The second kappa shape index (κ2) is 11.0. The van der Waals surface area contributed by atoms with Crippen LogP contribution in [-0.4, -0.2) is 55.6 Å². The zero-order valence-corrected chi connectivity index (χ0v) is 19.9. The first-order chi connectivity index (χ1) is 17.6. The molecular formula is C26H26N8O2. The van der Waals surface area contributed by atoms with Crippen LogP contribution in [0, 0.1) is 12.8 Å². The van der Waals surface area contributed by atoms with Crippen LogP contribution in [0.15, 0.2) is 61.1 Å². The third kappa shape index (κ3) is 6.02. The Hall–Kier alpha value is -4.31. The van der Waals surface area contributed by atoms with Crippen molar-refractivity contribution in [1.29, 1.82) is 0 Å². The van der Waals surface area contributed by atoms with E-state index in [1.807, 2.05) is 31.2 Å². The molecule has 4 aromatic heterocycles. The van der Waals surface area contributed by atoms with Gasteiger partial charge in [0.25, 0.3) is 0 Å². The Morgan fingerprint density at radius 1 is 1.03 bits per heavy atom. The highest BCUT2D eigenvalue weighted by Gasteiger charge is 2.18. The van der Waals surface area contributed by atoms with Crippen LogP contribution in [0.5, 0.6) is 0 Å². The molecular weight excluding hydrogens is 456 g/mol. The normalized spacial score (nSPS) is 15.0. The summed E-state index contributed by atoms with van der Waals surface area (Å²) >= 11 is 0. The van der Waals surface area contributed by atoms with Gasteiger partial charge >= 0.3 is 5.97 Å². The maximum Gasteiger partial charge on any atom is 0.356 e. The Balaban J connectivity index is 1.21. The number of pyridine rings is 2.